The van der Waals surface area contributed by atoms with Gasteiger partial charge in [-0.3, -0.25) is 10.1 Å². The van der Waals surface area contributed by atoms with Crippen molar-refractivity contribution in [1.82, 2.24) is 5.32 Å². The topological polar surface area (TPSA) is 58.6 Å². The van der Waals surface area contributed by atoms with Crippen LogP contribution in [0.15, 0.2) is 30.3 Å². The average Bonchev–Trinajstić information content (AvgIpc) is 2.35. The number of nitrogens with one attached hydrogen (secondary N) is 1. The second-order valence-electron chi connectivity index (χ2n) is 4.22. The van der Waals surface area contributed by atoms with Gasteiger partial charge in [0.05, 0.1) is 0 Å². The van der Waals surface area contributed by atoms with Gasteiger partial charge in [0.2, 0.25) is 0 Å². The molecule has 0 aliphatic heterocycles. The Balaban J connectivity index is 2.58. The average molecular weight is 237 g/mol. The maximum atomic E-state index is 11.2. The lowest BCUT2D eigenvalue weighted by atomic mass is 9.98. The molecule has 0 spiro atoms. The number of ether oxygens (including phenoxy) is 1. The highest BCUT2D eigenvalue weighted by Gasteiger charge is 2.31. The molecule has 0 aromatic heterocycles. The van der Waals surface area contributed by atoms with Crippen LogP contribution in [-0.4, -0.2) is 30.3 Å². The van der Waals surface area contributed by atoms with E-state index in [1.54, 1.807) is 14.0 Å². The van der Waals surface area contributed by atoms with Crippen molar-refractivity contribution in [3.8, 4) is 0 Å². The predicted molar refractivity (Wildman–Crippen MR) is 65.8 cm³/mol. The maximum Gasteiger partial charge on any atom is 0.323 e. The van der Waals surface area contributed by atoms with Crippen molar-refractivity contribution >= 4 is 5.97 Å². The second kappa shape index (κ2) is 6.37. The Hall–Kier alpha value is -1.39. The fourth-order valence-electron chi connectivity index (χ4n) is 1.47. The van der Waals surface area contributed by atoms with Crippen LogP contribution >= 0.6 is 0 Å². The van der Waals surface area contributed by atoms with E-state index in [9.17, 15) is 9.90 Å². The van der Waals surface area contributed by atoms with Crippen molar-refractivity contribution in [2.75, 3.05) is 13.7 Å². The van der Waals surface area contributed by atoms with Crippen LogP contribution in [0, 0.1) is 0 Å². The minimum absolute atomic E-state index is 0.421. The highest BCUT2D eigenvalue weighted by Crippen LogP contribution is 2.11. The molecule has 1 unspecified atom stereocenters. The third-order valence-electron chi connectivity index (χ3n) is 2.80. The summed E-state index contributed by atoms with van der Waals surface area (Å²) in [5, 5.41) is 12.3. The Morgan fingerprint density at radius 2 is 2.06 bits per heavy atom. The van der Waals surface area contributed by atoms with Crippen LogP contribution < -0.4 is 5.32 Å². The zero-order chi connectivity index (χ0) is 12.7. The zero-order valence-electron chi connectivity index (χ0n) is 10.3. The van der Waals surface area contributed by atoms with Gasteiger partial charge in [-0.05, 0) is 18.9 Å². The Labute approximate surface area is 102 Å². The summed E-state index contributed by atoms with van der Waals surface area (Å²) >= 11 is 0. The molecule has 0 radical (unpaired) electrons. The Morgan fingerprint density at radius 3 is 2.59 bits per heavy atom. The van der Waals surface area contributed by atoms with Crippen molar-refractivity contribution in [2.24, 2.45) is 0 Å². The predicted octanol–water partition coefficient (Wildman–Crippen LogP) is 1.66. The molecule has 4 heteroatoms. The van der Waals surface area contributed by atoms with Gasteiger partial charge in [-0.25, -0.2) is 0 Å². The molecule has 1 atom stereocenters. The third kappa shape index (κ3) is 4.17. The molecule has 0 fully saturated rings. The van der Waals surface area contributed by atoms with Crippen LogP contribution in [0.25, 0.3) is 0 Å². The highest BCUT2D eigenvalue weighted by molar-refractivity contribution is 5.78. The third-order valence-corrected chi connectivity index (χ3v) is 2.80. The lowest BCUT2D eigenvalue weighted by Crippen LogP contribution is -2.49. The van der Waals surface area contributed by atoms with E-state index in [1.165, 1.54) is 0 Å². The second-order valence-corrected chi connectivity index (χ2v) is 4.22. The molecule has 0 saturated heterocycles. The van der Waals surface area contributed by atoms with Crippen molar-refractivity contribution in [3.05, 3.63) is 35.9 Å². The zero-order valence-corrected chi connectivity index (χ0v) is 10.3. The van der Waals surface area contributed by atoms with Crippen molar-refractivity contribution in [2.45, 2.75) is 25.4 Å². The Morgan fingerprint density at radius 1 is 1.41 bits per heavy atom. The number of carbonyl (C=O) groups is 1. The highest BCUT2D eigenvalue weighted by atomic mass is 16.5. The molecule has 0 amide bonds. The first kappa shape index (κ1) is 13.7. The summed E-state index contributed by atoms with van der Waals surface area (Å²) in [4.78, 5) is 11.2. The number of benzene rings is 1. The Bertz CT molecular complexity index is 353. The van der Waals surface area contributed by atoms with Gasteiger partial charge in [-0.2, -0.15) is 0 Å². The molecule has 1 aromatic carbocycles. The van der Waals surface area contributed by atoms with E-state index in [4.69, 9.17) is 4.74 Å². The first-order chi connectivity index (χ1) is 8.08. The van der Waals surface area contributed by atoms with Gasteiger partial charge in [0, 0.05) is 20.3 Å². The van der Waals surface area contributed by atoms with Crippen molar-refractivity contribution in [3.63, 3.8) is 0 Å². The number of methoxy groups -OCH3 is 1. The summed E-state index contributed by atoms with van der Waals surface area (Å²) in [7, 11) is 1.57. The first-order valence-corrected chi connectivity index (χ1v) is 5.60. The molecule has 2 N–H and O–H groups in total. The molecule has 0 aliphatic rings. The fraction of sp³-hybridized carbons (Fsp3) is 0.462. The van der Waals surface area contributed by atoms with Crippen LogP contribution in [0.1, 0.15) is 18.9 Å². The summed E-state index contributed by atoms with van der Waals surface area (Å²) in [5.41, 5.74) is 0.115. The number of hydrogen-bond acceptors (Lipinski definition) is 3. The summed E-state index contributed by atoms with van der Waals surface area (Å²) in [5.74, 6) is -0.856. The van der Waals surface area contributed by atoms with E-state index in [1.807, 2.05) is 30.3 Å². The molecule has 0 bridgehead atoms. The number of carboxylic acid groups (broad SMARTS) is 1. The molecule has 1 aromatic rings. The molecule has 0 aliphatic carbocycles. The lowest BCUT2D eigenvalue weighted by molar-refractivity contribution is -0.145. The van der Waals surface area contributed by atoms with E-state index in [0.29, 0.717) is 19.6 Å². The molecule has 1 rings (SSSR count). The van der Waals surface area contributed by atoms with Crippen LogP contribution in [0.4, 0.5) is 0 Å². The minimum Gasteiger partial charge on any atom is -0.480 e. The van der Waals surface area contributed by atoms with Crippen LogP contribution in [0.5, 0.6) is 0 Å². The monoisotopic (exact) mass is 237 g/mol. The number of aliphatic carboxylic acids is 1. The maximum absolute atomic E-state index is 11.2. The van der Waals surface area contributed by atoms with E-state index in [0.717, 1.165) is 5.56 Å². The minimum atomic E-state index is -0.953. The van der Waals surface area contributed by atoms with E-state index < -0.39 is 11.5 Å². The number of hydrogen-bond donors (Lipinski definition) is 2. The SMILES string of the molecule is COCCC(C)(NCc1ccccc1)C(=O)O. The Kier molecular flexibility index (Phi) is 5.12. The van der Waals surface area contributed by atoms with Gasteiger partial charge in [-0.15, -0.1) is 0 Å². The molecule has 0 heterocycles. The fourth-order valence-corrected chi connectivity index (χ4v) is 1.47. The van der Waals surface area contributed by atoms with E-state index >= 15 is 0 Å². The van der Waals surface area contributed by atoms with Crippen LogP contribution in [0.2, 0.25) is 0 Å². The summed E-state index contributed by atoms with van der Waals surface area (Å²) in [6.45, 7) is 2.63. The summed E-state index contributed by atoms with van der Waals surface area (Å²) < 4.78 is 4.94. The van der Waals surface area contributed by atoms with Gasteiger partial charge < -0.3 is 9.84 Å². The van der Waals surface area contributed by atoms with E-state index in [-0.39, 0.29) is 0 Å². The van der Waals surface area contributed by atoms with Gasteiger partial charge in [0.1, 0.15) is 5.54 Å². The molecular weight excluding hydrogens is 218 g/mol. The quantitative estimate of drug-likeness (QED) is 0.757. The van der Waals surface area contributed by atoms with Gasteiger partial charge >= 0.3 is 5.97 Å². The largest absolute Gasteiger partial charge is 0.480 e. The van der Waals surface area contributed by atoms with Crippen molar-refractivity contribution in [1.29, 1.82) is 0 Å². The van der Waals surface area contributed by atoms with Gasteiger partial charge in [-0.1, -0.05) is 30.3 Å². The smallest absolute Gasteiger partial charge is 0.323 e. The lowest BCUT2D eigenvalue weighted by Gasteiger charge is -2.26. The number of carboxylic acids is 1. The number of rotatable bonds is 7. The molecule has 94 valence electrons. The normalized spacial score (nSPS) is 14.2. The molecule has 17 heavy (non-hydrogen) atoms. The first-order valence-electron chi connectivity index (χ1n) is 5.60. The molecular formula is C13H19NO3. The van der Waals surface area contributed by atoms with E-state index in [2.05, 4.69) is 5.32 Å². The molecule has 4 nitrogen and oxygen atoms in total. The van der Waals surface area contributed by atoms with Crippen LogP contribution in [0.3, 0.4) is 0 Å². The standard InChI is InChI=1S/C13H19NO3/c1-13(12(15)16,8-9-17-2)14-10-11-6-4-3-5-7-11/h3-7,14H,8-10H2,1-2H3,(H,15,16). The van der Waals surface area contributed by atoms with Crippen LogP contribution in [-0.2, 0) is 16.1 Å². The summed E-state index contributed by atoms with van der Waals surface area (Å²) in [6, 6.07) is 9.73. The van der Waals surface area contributed by atoms with Gasteiger partial charge in [0.15, 0.2) is 0 Å². The van der Waals surface area contributed by atoms with Gasteiger partial charge in [0.25, 0.3) is 0 Å². The molecule has 0 saturated carbocycles. The summed E-state index contributed by atoms with van der Waals surface area (Å²) in [6.07, 6.45) is 0.436. The van der Waals surface area contributed by atoms with Crippen molar-refractivity contribution < 1.29 is 14.6 Å².